The zero-order valence-corrected chi connectivity index (χ0v) is 59.9. The number of hydrogen-bond acceptors (Lipinski definition) is 14. The fourth-order valence-electron chi connectivity index (χ4n) is 11.0. The molecule has 6 aromatic heterocycles. The molecule has 566 valence electrons. The van der Waals surface area contributed by atoms with Gasteiger partial charge in [-0.15, -0.1) is 0 Å². The van der Waals surface area contributed by atoms with E-state index in [-0.39, 0.29) is 53.8 Å². The zero-order chi connectivity index (χ0) is 79.2. The fraction of sp³-hybridized carbons (Fsp3) is 0.159. The number of nitrogens with one attached hydrogen (secondary N) is 8. The summed E-state index contributed by atoms with van der Waals surface area (Å²) in [7, 11) is 0. The van der Waals surface area contributed by atoms with Crippen LogP contribution in [0.3, 0.4) is 0 Å². The van der Waals surface area contributed by atoms with Gasteiger partial charge in [-0.1, -0.05) is 91.0 Å². The molecule has 29 heteroatoms. The van der Waals surface area contributed by atoms with Gasteiger partial charge in [0.1, 0.15) is 40.3 Å². The van der Waals surface area contributed by atoms with Crippen molar-refractivity contribution >= 4 is 145 Å². The standard InChI is InChI=1S/C24H19F2N3O2.C20H16F2N4O2.2C19H19FN4O2/c25-17-9-6-15(7-10-17)8-11-20-18-12-22(19(26)13-21(18)29-28-20)27-24(31)14-23(30)16-4-2-1-3-5-16;21-12-4-1-11(2-5-12)3-6-15-13-9-17(14(22)10-16(13)26-25-15)24-19(28)20(7-8-20)18(23)27;1-19(2,26)10-18(25)22-17-8-13-15(23-24-16(13)9-14(17)20)6-5-12-4-3-7-21-11-12;1-19(2,11-25)18(26)22-17-8-13-15(23-24-16(13)9-14(17)20)6-5-12-4-3-7-21-10-12/h1-13,23,30H,14H2,(H,27,31)(H,28,29);1-6,9-10H,7-8H2,(H2,23,27)(H,24,28)(H,25,26);3-9,11,26H,10H2,1-2H3,(H,22,25)(H,23,24);3-10,25H,11H2,1-2H3,(H,22,26)(H,23,24)/b11-8+;6-3+;2*6-5+/t23-;;;/m1.../s1. The number of hydrogen-bond donors (Lipinski definition) is 12. The number of rotatable bonds is 21. The van der Waals surface area contributed by atoms with E-state index in [0.717, 1.165) is 22.3 Å². The highest BCUT2D eigenvalue weighted by molar-refractivity contribution is 6.13. The number of pyridine rings is 2. The minimum absolute atomic E-state index is 0.00408. The second-order valence-corrected chi connectivity index (χ2v) is 27.1. The van der Waals surface area contributed by atoms with Crippen LogP contribution in [0.4, 0.5) is 49.1 Å². The Hall–Kier alpha value is -13.5. The van der Waals surface area contributed by atoms with Crippen LogP contribution < -0.4 is 27.0 Å². The third-order valence-electron chi connectivity index (χ3n) is 17.4. The molecule has 0 bridgehead atoms. The highest BCUT2D eigenvalue weighted by Crippen LogP contribution is 2.46. The van der Waals surface area contributed by atoms with Crippen molar-refractivity contribution in [2.24, 2.45) is 16.6 Å². The predicted molar refractivity (Wildman–Crippen MR) is 414 cm³/mol. The maximum absolute atomic E-state index is 14.5. The number of carbonyl (C=O) groups excluding carboxylic acids is 5. The van der Waals surface area contributed by atoms with Crippen LogP contribution in [-0.2, 0) is 24.0 Å². The van der Waals surface area contributed by atoms with Crippen LogP contribution in [0, 0.1) is 45.7 Å². The van der Waals surface area contributed by atoms with Gasteiger partial charge in [0, 0.05) is 70.6 Å². The maximum Gasteiger partial charge on any atom is 0.240 e. The molecule has 1 fully saturated rings. The predicted octanol–water partition coefficient (Wildman–Crippen LogP) is 14.9. The molecular weight excluding hydrogens is 1440 g/mol. The van der Waals surface area contributed by atoms with E-state index in [2.05, 4.69) is 72.0 Å². The van der Waals surface area contributed by atoms with E-state index in [1.807, 2.05) is 42.5 Å². The molecule has 0 radical (unpaired) electrons. The molecule has 0 unspecified atom stereocenters. The van der Waals surface area contributed by atoms with Gasteiger partial charge in [-0.2, -0.15) is 20.4 Å². The second-order valence-electron chi connectivity index (χ2n) is 27.1. The normalized spacial score (nSPS) is 12.9. The number of halogens is 6. The molecule has 1 aliphatic carbocycles. The van der Waals surface area contributed by atoms with E-state index in [1.54, 1.807) is 124 Å². The molecule has 0 spiro atoms. The molecule has 13 N–H and O–H groups in total. The summed E-state index contributed by atoms with van der Waals surface area (Å²) in [6.45, 7) is 5.86. The molecule has 1 aliphatic rings. The van der Waals surface area contributed by atoms with Gasteiger partial charge in [-0.3, -0.25) is 54.3 Å². The maximum atomic E-state index is 14.5. The first-order valence-corrected chi connectivity index (χ1v) is 34.4. The molecule has 0 aliphatic heterocycles. The van der Waals surface area contributed by atoms with E-state index < -0.39 is 75.3 Å². The number of benzene rings is 7. The van der Waals surface area contributed by atoms with E-state index in [9.17, 15) is 65.6 Å². The van der Waals surface area contributed by atoms with Crippen LogP contribution >= 0.6 is 0 Å². The van der Waals surface area contributed by atoms with Crippen LogP contribution in [0.25, 0.3) is 92.2 Å². The van der Waals surface area contributed by atoms with Crippen molar-refractivity contribution in [2.45, 2.75) is 65.1 Å². The van der Waals surface area contributed by atoms with Gasteiger partial charge in [0.15, 0.2) is 0 Å². The largest absolute Gasteiger partial charge is 0.395 e. The van der Waals surface area contributed by atoms with Crippen molar-refractivity contribution in [1.29, 1.82) is 0 Å². The first-order chi connectivity index (χ1) is 53.1. The lowest BCUT2D eigenvalue weighted by Gasteiger charge is -2.20. The Kier molecular flexibility index (Phi) is 24.5. The van der Waals surface area contributed by atoms with E-state index in [1.165, 1.54) is 86.6 Å². The molecule has 1 saturated carbocycles. The van der Waals surface area contributed by atoms with Crippen molar-refractivity contribution in [3.63, 3.8) is 0 Å². The topological polar surface area (TPSA) is 361 Å². The number of primary amides is 1. The van der Waals surface area contributed by atoms with E-state index in [4.69, 9.17) is 5.73 Å². The Morgan fingerprint density at radius 1 is 0.486 bits per heavy atom. The van der Waals surface area contributed by atoms with Gasteiger partial charge in [0.05, 0.1) is 104 Å². The lowest BCUT2D eigenvalue weighted by molar-refractivity contribution is -0.132. The SMILES string of the molecule is CC(C)(CO)C(=O)Nc1cc2c(/C=C/c3cccnc3)n[nH]c2cc1F.CC(C)(O)CC(=O)Nc1cc2c(/C=C/c3cccnc3)n[nH]c2cc1F.NC(=O)C1(C(=O)Nc2cc3c(/C=C/c4ccc(F)cc4)n[nH]c3cc2F)CC1.O=C(C[C@@H](O)c1ccccc1)Nc1cc2c(/C=C/c3ccc(F)cc3)n[nH]c2cc1F. The molecule has 14 rings (SSSR count). The molecular formula is C82H73F6N15O8. The second kappa shape index (κ2) is 34.6. The molecule has 7 aromatic carbocycles. The third kappa shape index (κ3) is 20.4. The Morgan fingerprint density at radius 2 is 0.856 bits per heavy atom. The zero-order valence-electron chi connectivity index (χ0n) is 59.9. The fourth-order valence-corrected chi connectivity index (χ4v) is 11.0. The molecule has 0 saturated heterocycles. The van der Waals surface area contributed by atoms with Gasteiger partial charge in [-0.25, -0.2) is 26.3 Å². The summed E-state index contributed by atoms with van der Waals surface area (Å²) in [6, 6.07) is 39.2. The summed E-state index contributed by atoms with van der Waals surface area (Å²) in [5.74, 6) is -5.84. The summed E-state index contributed by atoms with van der Waals surface area (Å²) in [5, 5.41) is 69.5. The first-order valence-electron chi connectivity index (χ1n) is 34.4. The van der Waals surface area contributed by atoms with Crippen molar-refractivity contribution in [2.75, 3.05) is 27.9 Å². The van der Waals surface area contributed by atoms with Gasteiger partial charge >= 0.3 is 0 Å². The van der Waals surface area contributed by atoms with Crippen molar-refractivity contribution in [1.82, 2.24) is 50.8 Å². The van der Waals surface area contributed by atoms with Crippen LogP contribution in [0.2, 0.25) is 0 Å². The number of nitrogens with zero attached hydrogens (tertiary/aromatic N) is 6. The summed E-state index contributed by atoms with van der Waals surface area (Å²) in [6.07, 6.45) is 20.4. The number of aromatic nitrogens is 10. The summed E-state index contributed by atoms with van der Waals surface area (Å²) in [5.41, 5.74) is 10.1. The number of fused-ring (bicyclic) bond motifs is 4. The Labute approximate surface area is 629 Å². The van der Waals surface area contributed by atoms with Gasteiger partial charge in [0.25, 0.3) is 0 Å². The first kappa shape index (κ1) is 78.6. The summed E-state index contributed by atoms with van der Waals surface area (Å²) >= 11 is 0. The number of aliphatic hydroxyl groups is 3. The van der Waals surface area contributed by atoms with Crippen LogP contribution in [0.1, 0.15) is 110 Å². The summed E-state index contributed by atoms with van der Waals surface area (Å²) < 4.78 is 83.4. The lowest BCUT2D eigenvalue weighted by Crippen LogP contribution is -2.36. The van der Waals surface area contributed by atoms with Gasteiger partial charge < -0.3 is 42.3 Å². The molecule has 23 nitrogen and oxygen atoms in total. The van der Waals surface area contributed by atoms with E-state index in [0.29, 0.717) is 84.8 Å². The van der Waals surface area contributed by atoms with Crippen molar-refractivity contribution in [3.05, 3.63) is 262 Å². The number of carbonyl (C=O) groups is 5. The van der Waals surface area contributed by atoms with Gasteiger partial charge in [-0.05, 0) is 153 Å². The average Bonchev–Trinajstić information content (AvgIpc) is 1.63. The Morgan fingerprint density at radius 3 is 1.21 bits per heavy atom. The van der Waals surface area contributed by atoms with Crippen LogP contribution in [0.5, 0.6) is 0 Å². The highest BCUT2D eigenvalue weighted by Gasteiger charge is 2.55. The number of anilines is 4. The average molecular weight is 1510 g/mol. The number of nitrogens with two attached hydrogens (primary N) is 1. The molecule has 1 atom stereocenters. The molecule has 5 amide bonds. The highest BCUT2D eigenvalue weighted by atomic mass is 19.1. The quantitative estimate of drug-likeness (QED) is 0.0235. The number of aliphatic hydroxyl groups excluding tert-OH is 2. The van der Waals surface area contributed by atoms with Crippen molar-refractivity contribution < 1.29 is 65.6 Å². The van der Waals surface area contributed by atoms with Crippen LogP contribution in [0.15, 0.2) is 176 Å². The van der Waals surface area contributed by atoms with Crippen molar-refractivity contribution in [3.8, 4) is 0 Å². The lowest BCUT2D eigenvalue weighted by atomic mass is 9.93. The molecule has 6 heterocycles. The monoisotopic (exact) mass is 1510 g/mol. The minimum atomic E-state index is -1.25. The summed E-state index contributed by atoms with van der Waals surface area (Å²) in [4.78, 5) is 68.4. The Bertz CT molecular complexity index is 5660. The molecule has 13 aromatic rings. The smallest absolute Gasteiger partial charge is 0.240 e. The van der Waals surface area contributed by atoms with Gasteiger partial charge in [0.2, 0.25) is 29.5 Å². The number of amides is 5. The number of H-pyrrole nitrogens is 4. The molecule has 111 heavy (non-hydrogen) atoms. The third-order valence-corrected chi connectivity index (χ3v) is 17.4. The van der Waals surface area contributed by atoms with E-state index >= 15 is 0 Å². The Balaban J connectivity index is 0.000000147. The number of aromatic amines is 4. The van der Waals surface area contributed by atoms with Crippen LogP contribution in [-0.4, -0.2) is 108 Å². The minimum Gasteiger partial charge on any atom is -0.395 e.